The molecule has 0 saturated carbocycles. The smallest absolute Gasteiger partial charge is 0.220 e. The number of benzene rings is 1. The van der Waals surface area contributed by atoms with Gasteiger partial charge in [0, 0.05) is 32.2 Å². The molecule has 2 heterocycles. The standard InChI is InChI=1S/C19H28N2O2/c22-19(20-18-8-12-23-13-9-18)14-16-6-10-21(11-7-16)15-17-4-2-1-3-5-17/h1-5,16,18H,6-15H2,(H,20,22). The normalized spacial score (nSPS) is 21.2. The predicted molar refractivity (Wildman–Crippen MR) is 91.0 cm³/mol. The van der Waals surface area contributed by atoms with Gasteiger partial charge in [-0.05, 0) is 50.3 Å². The molecule has 4 heteroatoms. The maximum atomic E-state index is 12.2. The molecule has 126 valence electrons. The van der Waals surface area contributed by atoms with Crippen LogP contribution in [0.1, 0.15) is 37.7 Å². The van der Waals surface area contributed by atoms with Crippen molar-refractivity contribution < 1.29 is 9.53 Å². The lowest BCUT2D eigenvalue weighted by molar-refractivity contribution is -0.123. The van der Waals surface area contributed by atoms with E-state index in [1.165, 1.54) is 5.56 Å². The van der Waals surface area contributed by atoms with Crippen molar-refractivity contribution in [3.05, 3.63) is 35.9 Å². The van der Waals surface area contributed by atoms with Gasteiger partial charge in [-0.15, -0.1) is 0 Å². The van der Waals surface area contributed by atoms with E-state index in [9.17, 15) is 4.79 Å². The van der Waals surface area contributed by atoms with Gasteiger partial charge in [-0.1, -0.05) is 30.3 Å². The zero-order valence-corrected chi connectivity index (χ0v) is 13.9. The Morgan fingerprint density at radius 2 is 1.78 bits per heavy atom. The maximum absolute atomic E-state index is 12.2. The van der Waals surface area contributed by atoms with Crippen molar-refractivity contribution in [1.82, 2.24) is 10.2 Å². The van der Waals surface area contributed by atoms with E-state index in [2.05, 4.69) is 40.5 Å². The summed E-state index contributed by atoms with van der Waals surface area (Å²) >= 11 is 0. The lowest BCUT2D eigenvalue weighted by Crippen LogP contribution is -2.41. The van der Waals surface area contributed by atoms with Crippen LogP contribution in [0.5, 0.6) is 0 Å². The molecule has 1 N–H and O–H groups in total. The van der Waals surface area contributed by atoms with E-state index in [1.807, 2.05) is 0 Å². The van der Waals surface area contributed by atoms with Crippen LogP contribution in [0, 0.1) is 5.92 Å². The second-order valence-corrected chi connectivity index (χ2v) is 6.86. The minimum Gasteiger partial charge on any atom is -0.381 e. The van der Waals surface area contributed by atoms with Gasteiger partial charge in [0.15, 0.2) is 0 Å². The van der Waals surface area contributed by atoms with Crippen molar-refractivity contribution >= 4 is 5.91 Å². The number of hydrogen-bond donors (Lipinski definition) is 1. The molecule has 0 unspecified atom stereocenters. The second kappa shape index (κ2) is 8.46. The number of nitrogens with zero attached hydrogens (tertiary/aromatic N) is 1. The summed E-state index contributed by atoms with van der Waals surface area (Å²) in [7, 11) is 0. The summed E-state index contributed by atoms with van der Waals surface area (Å²) in [6, 6.07) is 11.0. The topological polar surface area (TPSA) is 41.6 Å². The fourth-order valence-electron chi connectivity index (χ4n) is 3.58. The van der Waals surface area contributed by atoms with Gasteiger partial charge >= 0.3 is 0 Å². The van der Waals surface area contributed by atoms with E-state index < -0.39 is 0 Å². The summed E-state index contributed by atoms with van der Waals surface area (Å²) in [6.45, 7) is 4.79. The van der Waals surface area contributed by atoms with Gasteiger partial charge in [0.1, 0.15) is 0 Å². The van der Waals surface area contributed by atoms with E-state index in [0.717, 1.165) is 58.5 Å². The fraction of sp³-hybridized carbons (Fsp3) is 0.632. The van der Waals surface area contributed by atoms with E-state index in [1.54, 1.807) is 0 Å². The molecule has 0 bridgehead atoms. The molecule has 0 atom stereocenters. The molecular formula is C19H28N2O2. The van der Waals surface area contributed by atoms with Crippen LogP contribution < -0.4 is 5.32 Å². The molecular weight excluding hydrogens is 288 g/mol. The molecule has 1 aromatic carbocycles. The summed E-state index contributed by atoms with van der Waals surface area (Å²) < 4.78 is 5.34. The van der Waals surface area contributed by atoms with Gasteiger partial charge in [-0.3, -0.25) is 9.69 Å². The van der Waals surface area contributed by atoms with Crippen LogP contribution in [-0.2, 0) is 16.1 Å². The molecule has 2 aliphatic heterocycles. The Morgan fingerprint density at radius 1 is 1.09 bits per heavy atom. The van der Waals surface area contributed by atoms with Crippen molar-refractivity contribution in [2.75, 3.05) is 26.3 Å². The third-order valence-corrected chi connectivity index (χ3v) is 5.02. The lowest BCUT2D eigenvalue weighted by atomic mass is 9.92. The largest absolute Gasteiger partial charge is 0.381 e. The van der Waals surface area contributed by atoms with Crippen molar-refractivity contribution in [3.63, 3.8) is 0 Å². The highest BCUT2D eigenvalue weighted by atomic mass is 16.5. The Hall–Kier alpha value is -1.39. The molecule has 4 nitrogen and oxygen atoms in total. The van der Waals surface area contributed by atoms with Crippen LogP contribution in [0.4, 0.5) is 0 Å². The van der Waals surface area contributed by atoms with E-state index in [4.69, 9.17) is 4.74 Å². The van der Waals surface area contributed by atoms with Crippen LogP contribution in [0.3, 0.4) is 0 Å². The quantitative estimate of drug-likeness (QED) is 0.908. The molecule has 23 heavy (non-hydrogen) atoms. The number of carbonyl (C=O) groups excluding carboxylic acids is 1. The van der Waals surface area contributed by atoms with Crippen molar-refractivity contribution in [1.29, 1.82) is 0 Å². The number of hydrogen-bond acceptors (Lipinski definition) is 3. The summed E-state index contributed by atoms with van der Waals surface area (Å²) in [4.78, 5) is 14.7. The Morgan fingerprint density at radius 3 is 2.48 bits per heavy atom. The van der Waals surface area contributed by atoms with Gasteiger partial charge in [-0.25, -0.2) is 0 Å². The molecule has 2 saturated heterocycles. The van der Waals surface area contributed by atoms with Crippen molar-refractivity contribution in [3.8, 4) is 0 Å². The summed E-state index contributed by atoms with van der Waals surface area (Å²) in [5.74, 6) is 0.778. The Labute approximate surface area is 139 Å². The minimum absolute atomic E-state index is 0.235. The zero-order chi connectivity index (χ0) is 15.9. The average Bonchev–Trinajstić information content (AvgIpc) is 2.58. The highest BCUT2D eigenvalue weighted by molar-refractivity contribution is 5.76. The molecule has 2 aliphatic rings. The van der Waals surface area contributed by atoms with Crippen molar-refractivity contribution in [2.45, 2.75) is 44.7 Å². The molecule has 0 aliphatic carbocycles. The van der Waals surface area contributed by atoms with Crippen LogP contribution in [-0.4, -0.2) is 43.2 Å². The first-order chi connectivity index (χ1) is 11.3. The van der Waals surface area contributed by atoms with Crippen LogP contribution in [0.15, 0.2) is 30.3 Å². The number of amides is 1. The number of rotatable bonds is 5. The number of piperidine rings is 1. The van der Waals surface area contributed by atoms with Crippen LogP contribution >= 0.6 is 0 Å². The summed E-state index contributed by atoms with van der Waals surface area (Å²) in [6.07, 6.45) is 4.88. The van der Waals surface area contributed by atoms with Crippen molar-refractivity contribution in [2.24, 2.45) is 5.92 Å². The third-order valence-electron chi connectivity index (χ3n) is 5.02. The monoisotopic (exact) mass is 316 g/mol. The SMILES string of the molecule is O=C(CC1CCN(Cc2ccccc2)CC1)NC1CCOCC1. The van der Waals surface area contributed by atoms with Gasteiger partial charge < -0.3 is 10.1 Å². The third kappa shape index (κ3) is 5.33. The van der Waals surface area contributed by atoms with E-state index >= 15 is 0 Å². The van der Waals surface area contributed by atoms with E-state index in [0.29, 0.717) is 18.4 Å². The Balaban J connectivity index is 1.36. The molecule has 0 aromatic heterocycles. The van der Waals surface area contributed by atoms with Crippen LogP contribution in [0.25, 0.3) is 0 Å². The number of ether oxygens (including phenoxy) is 1. The van der Waals surface area contributed by atoms with Crippen LogP contribution in [0.2, 0.25) is 0 Å². The van der Waals surface area contributed by atoms with E-state index in [-0.39, 0.29) is 5.91 Å². The lowest BCUT2D eigenvalue weighted by Gasteiger charge is -2.32. The zero-order valence-electron chi connectivity index (χ0n) is 13.9. The van der Waals surface area contributed by atoms with Gasteiger partial charge in [0.2, 0.25) is 5.91 Å². The Kier molecular flexibility index (Phi) is 6.06. The number of likely N-dealkylation sites (tertiary alicyclic amines) is 1. The molecule has 0 radical (unpaired) electrons. The fourth-order valence-corrected chi connectivity index (χ4v) is 3.58. The molecule has 0 spiro atoms. The van der Waals surface area contributed by atoms with Gasteiger partial charge in [0.25, 0.3) is 0 Å². The highest BCUT2D eigenvalue weighted by Gasteiger charge is 2.23. The summed E-state index contributed by atoms with van der Waals surface area (Å²) in [5.41, 5.74) is 1.38. The molecule has 2 fully saturated rings. The minimum atomic E-state index is 0.235. The summed E-state index contributed by atoms with van der Waals surface area (Å²) in [5, 5.41) is 3.18. The molecule has 1 amide bonds. The first-order valence-electron chi connectivity index (χ1n) is 8.93. The molecule has 1 aromatic rings. The average molecular weight is 316 g/mol. The first kappa shape index (κ1) is 16.5. The van der Waals surface area contributed by atoms with Gasteiger partial charge in [-0.2, -0.15) is 0 Å². The van der Waals surface area contributed by atoms with Gasteiger partial charge in [0.05, 0.1) is 0 Å². The number of carbonyl (C=O) groups is 1. The number of nitrogens with one attached hydrogen (secondary N) is 1. The predicted octanol–water partition coefficient (Wildman–Crippen LogP) is 2.58. The molecule has 3 rings (SSSR count). The first-order valence-corrected chi connectivity index (χ1v) is 8.93. The maximum Gasteiger partial charge on any atom is 0.220 e. The Bertz CT molecular complexity index is 477. The second-order valence-electron chi connectivity index (χ2n) is 6.86. The highest BCUT2D eigenvalue weighted by Crippen LogP contribution is 2.22.